The summed E-state index contributed by atoms with van der Waals surface area (Å²) in [5, 5.41) is 13.5. The van der Waals surface area contributed by atoms with Crippen LogP contribution in [0.25, 0.3) is 0 Å². The predicted octanol–water partition coefficient (Wildman–Crippen LogP) is 3.68. The van der Waals surface area contributed by atoms with Gasteiger partial charge in [-0.25, -0.2) is 0 Å². The van der Waals surface area contributed by atoms with E-state index in [1.165, 1.54) is 0 Å². The summed E-state index contributed by atoms with van der Waals surface area (Å²) in [6, 6.07) is 13.5. The van der Waals surface area contributed by atoms with E-state index in [2.05, 4.69) is 42.1 Å². The highest BCUT2D eigenvalue weighted by Gasteiger charge is 2.21. The Kier molecular flexibility index (Phi) is 8.68. The number of benzene rings is 2. The summed E-state index contributed by atoms with van der Waals surface area (Å²) in [4.78, 5) is 8.88. The number of phenolic OH excluding ortho intramolecular Hbond substituents is 1. The number of halogens is 2. The third kappa shape index (κ3) is 5.44. The number of hydrogen-bond donors (Lipinski definition) is 2. The van der Waals surface area contributed by atoms with Crippen molar-refractivity contribution in [3.63, 3.8) is 0 Å². The van der Waals surface area contributed by atoms with Crippen LogP contribution >= 0.6 is 39.9 Å². The van der Waals surface area contributed by atoms with Crippen LogP contribution < -0.4 is 15.0 Å². The van der Waals surface area contributed by atoms with E-state index in [0.717, 1.165) is 53.6 Å². The van der Waals surface area contributed by atoms with Gasteiger partial charge in [-0.05, 0) is 45.8 Å². The normalized spacial score (nSPS) is 14.5. The van der Waals surface area contributed by atoms with Gasteiger partial charge >= 0.3 is 0 Å². The van der Waals surface area contributed by atoms with Gasteiger partial charge in [-0.1, -0.05) is 18.2 Å². The smallest absolute Gasteiger partial charge is 0.194 e. The highest BCUT2D eigenvalue weighted by molar-refractivity contribution is 14.0. The van der Waals surface area contributed by atoms with Crippen molar-refractivity contribution in [1.82, 2.24) is 10.2 Å². The van der Waals surface area contributed by atoms with E-state index in [-0.39, 0.29) is 24.0 Å². The van der Waals surface area contributed by atoms with Gasteiger partial charge in [0, 0.05) is 39.8 Å². The van der Waals surface area contributed by atoms with Gasteiger partial charge in [-0.15, -0.1) is 24.0 Å². The maximum absolute atomic E-state index is 10.0. The molecule has 2 N–H and O–H groups in total. The third-order valence-electron chi connectivity index (χ3n) is 4.68. The minimum atomic E-state index is 0. The number of nitrogens with zero attached hydrogens (tertiary/aromatic N) is 3. The summed E-state index contributed by atoms with van der Waals surface area (Å²) in [6.45, 7) is 4.06. The van der Waals surface area contributed by atoms with Gasteiger partial charge in [0.15, 0.2) is 5.96 Å². The van der Waals surface area contributed by atoms with E-state index in [1.54, 1.807) is 13.2 Å². The number of para-hydroxylation sites is 2. The lowest BCUT2D eigenvalue weighted by atomic mass is 10.2. The maximum Gasteiger partial charge on any atom is 0.194 e. The molecular weight excluding hydrogens is 535 g/mol. The maximum atomic E-state index is 10.0. The standard InChI is InChI=1S/C20H25BrN4O2.HI/c1-22-20(23-14-15-7-8-19(27-2)16(21)13-15)25-11-9-24(10-12-25)17-5-3-4-6-18(17)26;/h3-8,13,26H,9-12,14H2,1-2H3,(H,22,23);1H. The average Bonchev–Trinajstić information content (AvgIpc) is 2.69. The third-order valence-corrected chi connectivity index (χ3v) is 5.30. The lowest BCUT2D eigenvalue weighted by Gasteiger charge is -2.37. The molecule has 0 saturated carbocycles. The SMILES string of the molecule is CN=C(NCc1ccc(OC)c(Br)c1)N1CCN(c2ccccc2O)CC1.I. The Hall–Kier alpha value is -1.68. The number of anilines is 1. The van der Waals surface area contributed by atoms with E-state index < -0.39 is 0 Å². The lowest BCUT2D eigenvalue weighted by Crippen LogP contribution is -2.52. The molecule has 6 nitrogen and oxygen atoms in total. The summed E-state index contributed by atoms with van der Waals surface area (Å²) < 4.78 is 6.22. The topological polar surface area (TPSA) is 60.3 Å². The highest BCUT2D eigenvalue weighted by atomic mass is 127. The number of hydrogen-bond acceptors (Lipinski definition) is 4. The molecule has 2 aromatic rings. The second-order valence-corrected chi connectivity index (χ2v) is 7.19. The fourth-order valence-corrected chi connectivity index (χ4v) is 3.81. The summed E-state index contributed by atoms with van der Waals surface area (Å²) in [7, 11) is 3.47. The number of piperazine rings is 1. The zero-order chi connectivity index (χ0) is 19.2. The lowest BCUT2D eigenvalue weighted by molar-refractivity contribution is 0.369. The minimum absolute atomic E-state index is 0. The molecule has 1 fully saturated rings. The zero-order valence-electron chi connectivity index (χ0n) is 16.1. The van der Waals surface area contributed by atoms with E-state index in [0.29, 0.717) is 12.3 Å². The summed E-state index contributed by atoms with van der Waals surface area (Å²) in [5.74, 6) is 2.04. The van der Waals surface area contributed by atoms with Crippen molar-refractivity contribution >= 4 is 51.6 Å². The predicted molar refractivity (Wildman–Crippen MR) is 128 cm³/mol. The van der Waals surface area contributed by atoms with Gasteiger partial charge in [0.05, 0.1) is 17.3 Å². The van der Waals surface area contributed by atoms with Crippen molar-refractivity contribution in [3.05, 3.63) is 52.5 Å². The fourth-order valence-electron chi connectivity index (χ4n) is 3.22. The first kappa shape index (κ1) is 22.6. The minimum Gasteiger partial charge on any atom is -0.506 e. The largest absolute Gasteiger partial charge is 0.506 e. The van der Waals surface area contributed by atoms with Crippen molar-refractivity contribution in [2.24, 2.45) is 4.99 Å². The number of guanidine groups is 1. The van der Waals surface area contributed by atoms with Gasteiger partial charge in [0.1, 0.15) is 11.5 Å². The number of aromatic hydroxyl groups is 1. The van der Waals surface area contributed by atoms with Crippen molar-refractivity contribution < 1.29 is 9.84 Å². The number of ether oxygens (including phenoxy) is 1. The first-order chi connectivity index (χ1) is 13.1. The van der Waals surface area contributed by atoms with Crippen LogP contribution in [0.5, 0.6) is 11.5 Å². The van der Waals surface area contributed by atoms with Crippen molar-refractivity contribution in [2.75, 3.05) is 45.2 Å². The van der Waals surface area contributed by atoms with Gasteiger partial charge in [0.25, 0.3) is 0 Å². The molecule has 152 valence electrons. The van der Waals surface area contributed by atoms with Crippen LogP contribution in [-0.4, -0.2) is 56.3 Å². The molecule has 0 aromatic heterocycles. The Bertz CT molecular complexity index is 811. The molecule has 8 heteroatoms. The highest BCUT2D eigenvalue weighted by Crippen LogP contribution is 2.27. The number of rotatable bonds is 4. The van der Waals surface area contributed by atoms with Crippen LogP contribution in [0, 0.1) is 0 Å². The van der Waals surface area contributed by atoms with Gasteiger partial charge in [-0.2, -0.15) is 0 Å². The molecule has 28 heavy (non-hydrogen) atoms. The van der Waals surface area contributed by atoms with Crippen molar-refractivity contribution in [3.8, 4) is 11.5 Å². The second-order valence-electron chi connectivity index (χ2n) is 6.33. The van der Waals surface area contributed by atoms with E-state index in [1.807, 2.05) is 37.4 Å². The summed E-state index contributed by atoms with van der Waals surface area (Å²) in [5.41, 5.74) is 2.04. The fraction of sp³-hybridized carbons (Fsp3) is 0.350. The molecule has 3 rings (SSSR count). The van der Waals surface area contributed by atoms with Gasteiger partial charge in [0.2, 0.25) is 0 Å². The number of methoxy groups -OCH3 is 1. The molecule has 0 spiro atoms. The van der Waals surface area contributed by atoms with Crippen LogP contribution in [0.2, 0.25) is 0 Å². The monoisotopic (exact) mass is 560 g/mol. The van der Waals surface area contributed by atoms with Crippen LogP contribution in [0.15, 0.2) is 51.9 Å². The molecule has 0 amide bonds. The van der Waals surface area contributed by atoms with Gasteiger partial charge < -0.3 is 25.0 Å². The Morgan fingerprint density at radius 1 is 1.18 bits per heavy atom. The van der Waals surface area contributed by atoms with E-state index in [4.69, 9.17) is 4.74 Å². The Balaban J connectivity index is 0.00000280. The molecule has 0 radical (unpaired) electrons. The average molecular weight is 561 g/mol. The molecule has 0 unspecified atom stereocenters. The summed E-state index contributed by atoms with van der Waals surface area (Å²) in [6.07, 6.45) is 0. The molecule has 1 heterocycles. The first-order valence-corrected chi connectivity index (χ1v) is 9.72. The number of aliphatic imine (C=N–C) groups is 1. The van der Waals surface area contributed by atoms with E-state index >= 15 is 0 Å². The van der Waals surface area contributed by atoms with Crippen LogP contribution in [-0.2, 0) is 6.54 Å². The molecule has 0 aliphatic carbocycles. The molecule has 1 aliphatic rings. The van der Waals surface area contributed by atoms with E-state index in [9.17, 15) is 5.11 Å². The zero-order valence-corrected chi connectivity index (χ0v) is 20.0. The van der Waals surface area contributed by atoms with Crippen molar-refractivity contribution in [1.29, 1.82) is 0 Å². The quantitative estimate of drug-likeness (QED) is 0.339. The molecule has 2 aromatic carbocycles. The van der Waals surface area contributed by atoms with Crippen molar-refractivity contribution in [2.45, 2.75) is 6.54 Å². The van der Waals surface area contributed by atoms with Gasteiger partial charge in [-0.3, -0.25) is 4.99 Å². The van der Waals surface area contributed by atoms with Crippen LogP contribution in [0.1, 0.15) is 5.56 Å². The molecule has 0 bridgehead atoms. The Morgan fingerprint density at radius 2 is 1.89 bits per heavy atom. The first-order valence-electron chi connectivity index (χ1n) is 8.93. The van der Waals surface area contributed by atoms with Crippen LogP contribution in [0.3, 0.4) is 0 Å². The second kappa shape index (κ2) is 10.8. The Labute approximate surface area is 191 Å². The number of nitrogens with one attached hydrogen (secondary N) is 1. The molecule has 1 aliphatic heterocycles. The molecular formula is C20H26BrIN4O2. The summed E-state index contributed by atoms with van der Waals surface area (Å²) >= 11 is 3.52. The number of phenols is 1. The molecule has 1 saturated heterocycles. The molecule has 0 atom stereocenters. The van der Waals surface area contributed by atoms with Crippen LogP contribution in [0.4, 0.5) is 5.69 Å². The Morgan fingerprint density at radius 3 is 2.50 bits per heavy atom.